The highest BCUT2D eigenvalue weighted by Gasteiger charge is 2.11. The van der Waals surface area contributed by atoms with Crippen LogP contribution >= 0.6 is 11.8 Å². The van der Waals surface area contributed by atoms with Crippen molar-refractivity contribution < 1.29 is 0 Å². The summed E-state index contributed by atoms with van der Waals surface area (Å²) < 4.78 is 0. The number of rotatable bonds is 7. The van der Waals surface area contributed by atoms with Gasteiger partial charge in [-0.2, -0.15) is 11.8 Å². The molecule has 1 heterocycles. The van der Waals surface area contributed by atoms with Gasteiger partial charge in [-0.3, -0.25) is 4.98 Å². The largest absolute Gasteiger partial charge is 0.371 e. The van der Waals surface area contributed by atoms with E-state index < -0.39 is 0 Å². The Balaban J connectivity index is 2.66. The highest BCUT2D eigenvalue weighted by molar-refractivity contribution is 7.98. The average Bonchev–Trinajstić information content (AvgIpc) is 2.43. The van der Waals surface area contributed by atoms with Gasteiger partial charge in [0.15, 0.2) is 0 Å². The van der Waals surface area contributed by atoms with Crippen LogP contribution in [-0.4, -0.2) is 30.1 Å². The van der Waals surface area contributed by atoms with Crippen LogP contribution in [0.1, 0.15) is 38.4 Å². The van der Waals surface area contributed by atoms with Crippen LogP contribution in [0.2, 0.25) is 0 Å². The molecule has 0 amide bonds. The summed E-state index contributed by atoms with van der Waals surface area (Å²) in [6.07, 6.45) is 6.19. The third-order valence-corrected chi connectivity index (χ3v) is 4.04. The van der Waals surface area contributed by atoms with Gasteiger partial charge in [0.2, 0.25) is 0 Å². The maximum atomic E-state index is 5.97. The molecule has 2 unspecified atom stereocenters. The molecule has 1 aromatic rings. The van der Waals surface area contributed by atoms with Gasteiger partial charge in [0.25, 0.3) is 0 Å². The minimum atomic E-state index is 0.0540. The fourth-order valence-corrected chi connectivity index (χ4v) is 2.35. The monoisotopic (exact) mass is 267 g/mol. The molecule has 0 fully saturated rings. The van der Waals surface area contributed by atoms with Crippen molar-refractivity contribution in [3.63, 3.8) is 0 Å². The zero-order valence-electron chi connectivity index (χ0n) is 11.9. The average molecular weight is 267 g/mol. The standard InChI is InChI=1S/C14H25N3S/c1-5-13(15)14-7-6-12(10-16-14)17(3)11(2)8-9-18-4/h6-7,10-11,13H,5,8-9,15H2,1-4H3. The molecule has 2 N–H and O–H groups in total. The van der Waals surface area contributed by atoms with Gasteiger partial charge < -0.3 is 10.6 Å². The first kappa shape index (κ1) is 15.3. The van der Waals surface area contributed by atoms with Crippen molar-refractivity contribution >= 4 is 17.4 Å². The lowest BCUT2D eigenvalue weighted by atomic mass is 10.1. The second-order valence-electron chi connectivity index (χ2n) is 4.70. The van der Waals surface area contributed by atoms with E-state index in [0.29, 0.717) is 6.04 Å². The molecule has 0 saturated carbocycles. The maximum absolute atomic E-state index is 5.97. The van der Waals surface area contributed by atoms with Gasteiger partial charge in [-0.15, -0.1) is 0 Å². The Bertz CT molecular complexity index is 339. The number of aromatic nitrogens is 1. The van der Waals surface area contributed by atoms with Gasteiger partial charge in [-0.25, -0.2) is 0 Å². The summed E-state index contributed by atoms with van der Waals surface area (Å²) in [6.45, 7) is 4.33. The molecule has 0 radical (unpaired) electrons. The summed E-state index contributed by atoms with van der Waals surface area (Å²) in [5.74, 6) is 1.19. The number of pyridine rings is 1. The molecule has 1 aromatic heterocycles. The zero-order chi connectivity index (χ0) is 13.5. The first-order valence-corrected chi connectivity index (χ1v) is 7.92. The Hall–Kier alpha value is -0.740. The Morgan fingerprint density at radius 3 is 2.67 bits per heavy atom. The summed E-state index contributed by atoms with van der Waals surface area (Å²) in [5.41, 5.74) is 8.11. The molecule has 1 rings (SSSR count). The zero-order valence-corrected chi connectivity index (χ0v) is 12.7. The Kier molecular flexibility index (Phi) is 6.50. The van der Waals surface area contributed by atoms with Crippen molar-refractivity contribution in [1.82, 2.24) is 4.98 Å². The van der Waals surface area contributed by atoms with Gasteiger partial charge in [-0.1, -0.05) is 6.92 Å². The van der Waals surface area contributed by atoms with Gasteiger partial charge in [0, 0.05) is 19.1 Å². The Labute approximate surface area is 115 Å². The fraction of sp³-hybridized carbons (Fsp3) is 0.643. The van der Waals surface area contributed by atoms with Crippen molar-refractivity contribution in [2.24, 2.45) is 5.73 Å². The number of hydrogen-bond acceptors (Lipinski definition) is 4. The molecule has 0 bridgehead atoms. The van der Waals surface area contributed by atoms with E-state index in [1.54, 1.807) is 0 Å². The fourth-order valence-electron chi connectivity index (χ4n) is 1.77. The molecule has 3 nitrogen and oxygen atoms in total. The minimum absolute atomic E-state index is 0.0540. The van der Waals surface area contributed by atoms with Crippen molar-refractivity contribution in [3.8, 4) is 0 Å². The summed E-state index contributed by atoms with van der Waals surface area (Å²) in [4.78, 5) is 6.74. The molecule has 0 spiro atoms. The van der Waals surface area contributed by atoms with Crippen LogP contribution in [0.25, 0.3) is 0 Å². The molecule has 18 heavy (non-hydrogen) atoms. The molecular formula is C14H25N3S. The van der Waals surface area contributed by atoms with Gasteiger partial charge in [0.05, 0.1) is 17.6 Å². The summed E-state index contributed by atoms with van der Waals surface area (Å²) in [6, 6.07) is 4.75. The molecule has 2 atom stereocenters. The van der Waals surface area contributed by atoms with Crippen LogP contribution in [0.4, 0.5) is 5.69 Å². The van der Waals surface area contributed by atoms with Crippen LogP contribution in [0.5, 0.6) is 0 Å². The first-order valence-electron chi connectivity index (χ1n) is 6.53. The van der Waals surface area contributed by atoms with E-state index in [1.807, 2.05) is 24.0 Å². The summed E-state index contributed by atoms with van der Waals surface area (Å²) >= 11 is 1.89. The number of hydrogen-bond donors (Lipinski definition) is 1. The van der Waals surface area contributed by atoms with E-state index in [0.717, 1.165) is 17.8 Å². The normalized spacial score (nSPS) is 14.3. The van der Waals surface area contributed by atoms with Gasteiger partial charge in [-0.05, 0) is 43.9 Å². The van der Waals surface area contributed by atoms with E-state index in [2.05, 4.69) is 43.1 Å². The lowest BCUT2D eigenvalue weighted by Crippen LogP contribution is -2.29. The van der Waals surface area contributed by atoms with E-state index in [-0.39, 0.29) is 6.04 Å². The second-order valence-corrected chi connectivity index (χ2v) is 5.68. The summed E-state index contributed by atoms with van der Waals surface area (Å²) in [5, 5.41) is 0. The van der Waals surface area contributed by atoms with Crippen LogP contribution in [0.15, 0.2) is 18.3 Å². The van der Waals surface area contributed by atoms with Crippen LogP contribution in [0.3, 0.4) is 0 Å². The van der Waals surface area contributed by atoms with Crippen LogP contribution in [-0.2, 0) is 0 Å². The third-order valence-electron chi connectivity index (χ3n) is 3.40. The van der Waals surface area contributed by atoms with Gasteiger partial charge in [0.1, 0.15) is 0 Å². The Morgan fingerprint density at radius 2 is 2.17 bits per heavy atom. The van der Waals surface area contributed by atoms with Crippen molar-refractivity contribution in [3.05, 3.63) is 24.0 Å². The molecule has 102 valence electrons. The number of thioether (sulfide) groups is 1. The van der Waals surface area contributed by atoms with E-state index in [4.69, 9.17) is 5.73 Å². The molecule has 0 aliphatic carbocycles. The van der Waals surface area contributed by atoms with Crippen LogP contribution < -0.4 is 10.6 Å². The third kappa shape index (κ3) is 4.18. The number of nitrogens with two attached hydrogens (primary N) is 1. The quantitative estimate of drug-likeness (QED) is 0.824. The highest BCUT2D eigenvalue weighted by Crippen LogP contribution is 2.19. The summed E-state index contributed by atoms with van der Waals surface area (Å²) in [7, 11) is 2.13. The smallest absolute Gasteiger partial charge is 0.0572 e. The maximum Gasteiger partial charge on any atom is 0.0572 e. The molecule has 0 aliphatic heterocycles. The van der Waals surface area contributed by atoms with E-state index in [9.17, 15) is 0 Å². The van der Waals surface area contributed by atoms with Crippen molar-refractivity contribution in [2.75, 3.05) is 24.0 Å². The lowest BCUT2D eigenvalue weighted by Gasteiger charge is -2.26. The molecule has 0 saturated heterocycles. The Morgan fingerprint density at radius 1 is 1.44 bits per heavy atom. The van der Waals surface area contributed by atoms with E-state index in [1.165, 1.54) is 12.2 Å². The predicted molar refractivity (Wildman–Crippen MR) is 82.3 cm³/mol. The lowest BCUT2D eigenvalue weighted by molar-refractivity contribution is 0.660. The molecule has 0 aliphatic rings. The topological polar surface area (TPSA) is 42.1 Å². The van der Waals surface area contributed by atoms with Crippen molar-refractivity contribution in [2.45, 2.75) is 38.8 Å². The number of anilines is 1. The minimum Gasteiger partial charge on any atom is -0.371 e. The first-order chi connectivity index (χ1) is 8.60. The second kappa shape index (κ2) is 7.64. The van der Waals surface area contributed by atoms with Crippen LogP contribution in [0, 0.1) is 0 Å². The highest BCUT2D eigenvalue weighted by atomic mass is 32.2. The SMILES string of the molecule is CCC(N)c1ccc(N(C)C(C)CCSC)cn1. The van der Waals surface area contributed by atoms with Gasteiger partial charge >= 0.3 is 0 Å². The molecule has 4 heteroatoms. The van der Waals surface area contributed by atoms with Crippen molar-refractivity contribution in [1.29, 1.82) is 0 Å². The molecule has 0 aromatic carbocycles. The molecular weight excluding hydrogens is 242 g/mol. The van der Waals surface area contributed by atoms with E-state index >= 15 is 0 Å². The number of nitrogens with zero attached hydrogens (tertiary/aromatic N) is 2. The predicted octanol–water partition coefficient (Wildman–Crippen LogP) is 3.07.